The molecule has 2 aromatic rings. The Morgan fingerprint density at radius 2 is 1.97 bits per heavy atom. The van der Waals surface area contributed by atoms with Gasteiger partial charge in [-0.05, 0) is 31.1 Å². The molecule has 2 fully saturated rings. The predicted molar refractivity (Wildman–Crippen MR) is 111 cm³/mol. The Kier molecular flexibility index (Phi) is 5.22. The number of aromatic nitrogens is 3. The van der Waals surface area contributed by atoms with Gasteiger partial charge in [-0.25, -0.2) is 9.97 Å². The molecule has 158 valence electrons. The topological polar surface area (TPSA) is 115 Å². The third-order valence-electron chi connectivity index (χ3n) is 6.02. The smallest absolute Gasteiger partial charge is 0.255 e. The molecule has 8 nitrogen and oxygen atoms in total. The lowest BCUT2D eigenvalue weighted by Crippen LogP contribution is -2.56. The lowest BCUT2D eigenvalue weighted by molar-refractivity contribution is -0.137. The third kappa shape index (κ3) is 4.02. The maximum Gasteiger partial charge on any atom is 0.255 e. The molecule has 1 aliphatic carbocycles. The van der Waals surface area contributed by atoms with E-state index in [1.54, 1.807) is 17.3 Å². The number of carbonyl (C=O) groups excluding carboxylic acids is 2. The Hall–Kier alpha value is -2.95. The van der Waals surface area contributed by atoms with E-state index in [0.717, 1.165) is 18.5 Å². The van der Waals surface area contributed by atoms with E-state index in [1.165, 1.54) is 0 Å². The zero-order valence-electron chi connectivity index (χ0n) is 17.7. The Morgan fingerprint density at radius 1 is 1.27 bits per heavy atom. The number of nitrogens with one attached hydrogen (secondary N) is 2. The van der Waals surface area contributed by atoms with Crippen molar-refractivity contribution in [2.45, 2.75) is 58.4 Å². The largest absolute Gasteiger partial charge is 0.344 e. The average molecular weight is 409 g/mol. The summed E-state index contributed by atoms with van der Waals surface area (Å²) < 4.78 is 0. The summed E-state index contributed by atoms with van der Waals surface area (Å²) in [5.41, 5.74) is 1.98. The van der Waals surface area contributed by atoms with Crippen LogP contribution in [0.3, 0.4) is 0 Å². The van der Waals surface area contributed by atoms with Gasteiger partial charge < -0.3 is 15.2 Å². The summed E-state index contributed by atoms with van der Waals surface area (Å²) in [4.78, 5) is 40.2. The number of amides is 2. The van der Waals surface area contributed by atoms with Gasteiger partial charge in [0.2, 0.25) is 5.91 Å². The zero-order chi connectivity index (χ0) is 21.5. The van der Waals surface area contributed by atoms with Crippen molar-refractivity contribution in [2.24, 2.45) is 11.3 Å². The Morgan fingerprint density at radius 3 is 2.57 bits per heavy atom. The number of rotatable bonds is 4. The normalized spacial score (nSPS) is 18.8. The molecule has 0 radical (unpaired) electrons. The van der Waals surface area contributed by atoms with Gasteiger partial charge in [0.15, 0.2) is 5.65 Å². The molecule has 2 N–H and O–H groups in total. The van der Waals surface area contributed by atoms with Crippen LogP contribution in [0.2, 0.25) is 0 Å². The third-order valence-corrected chi connectivity index (χ3v) is 6.02. The van der Waals surface area contributed by atoms with E-state index in [4.69, 9.17) is 5.26 Å². The van der Waals surface area contributed by atoms with Gasteiger partial charge in [0.05, 0.1) is 23.5 Å². The van der Waals surface area contributed by atoms with Gasteiger partial charge in [0.1, 0.15) is 11.6 Å². The standard InChI is InChI=1S/C22H28N6O2/c1-22(2,3)18(21(30)28-8-6-13(10-23)7-9-28)27-20(29)15-11-24-19-17(15)26-16(12-25-19)14-4-5-14/h11-14,18H,4-9H2,1-3H3,(H,24,25)(H,27,29)/t18-/m0/s1. The average Bonchev–Trinajstić information content (AvgIpc) is 3.49. The second-order valence-electron chi connectivity index (χ2n) is 9.47. The van der Waals surface area contributed by atoms with Crippen LogP contribution in [0.5, 0.6) is 0 Å². The van der Waals surface area contributed by atoms with Crippen LogP contribution in [-0.4, -0.2) is 50.8 Å². The molecule has 1 aliphatic heterocycles. The number of hydrogen-bond acceptors (Lipinski definition) is 5. The number of nitriles is 1. The lowest BCUT2D eigenvalue weighted by Gasteiger charge is -2.37. The van der Waals surface area contributed by atoms with Crippen molar-refractivity contribution < 1.29 is 9.59 Å². The molecule has 1 saturated heterocycles. The fourth-order valence-corrected chi connectivity index (χ4v) is 3.92. The molecule has 2 aliphatic rings. The Bertz CT molecular complexity index is 1000. The summed E-state index contributed by atoms with van der Waals surface area (Å²) in [5, 5.41) is 12.1. The van der Waals surface area contributed by atoms with Crippen molar-refractivity contribution in [2.75, 3.05) is 13.1 Å². The number of fused-ring (bicyclic) bond motifs is 1. The molecule has 8 heteroatoms. The second kappa shape index (κ2) is 7.71. The molecule has 0 unspecified atom stereocenters. The first-order valence-electron chi connectivity index (χ1n) is 10.6. The molecular formula is C22H28N6O2. The first kappa shape index (κ1) is 20.3. The number of piperidine rings is 1. The summed E-state index contributed by atoms with van der Waals surface area (Å²) in [6.45, 7) is 6.92. The van der Waals surface area contributed by atoms with Crippen molar-refractivity contribution in [1.29, 1.82) is 5.26 Å². The quantitative estimate of drug-likeness (QED) is 0.807. The van der Waals surface area contributed by atoms with Crippen molar-refractivity contribution in [3.8, 4) is 6.07 Å². The number of aromatic amines is 1. The summed E-state index contributed by atoms with van der Waals surface area (Å²) in [7, 11) is 0. The molecule has 0 bridgehead atoms. The van der Waals surface area contributed by atoms with Gasteiger partial charge in [-0.1, -0.05) is 20.8 Å². The van der Waals surface area contributed by atoms with Crippen LogP contribution >= 0.6 is 0 Å². The number of carbonyl (C=O) groups is 2. The minimum absolute atomic E-state index is 0.00202. The highest BCUT2D eigenvalue weighted by atomic mass is 16.2. The van der Waals surface area contributed by atoms with E-state index in [0.29, 0.717) is 48.6 Å². The fraction of sp³-hybridized carbons (Fsp3) is 0.591. The van der Waals surface area contributed by atoms with E-state index < -0.39 is 11.5 Å². The van der Waals surface area contributed by atoms with Gasteiger partial charge >= 0.3 is 0 Å². The summed E-state index contributed by atoms with van der Waals surface area (Å²) in [6.07, 6.45) is 6.94. The molecule has 0 aromatic carbocycles. The molecular weight excluding hydrogens is 380 g/mol. The molecule has 0 spiro atoms. The summed E-state index contributed by atoms with van der Waals surface area (Å²) in [5.74, 6) is 0.00986. The molecule has 30 heavy (non-hydrogen) atoms. The maximum absolute atomic E-state index is 13.3. The zero-order valence-corrected chi connectivity index (χ0v) is 17.7. The van der Waals surface area contributed by atoms with Crippen molar-refractivity contribution in [3.63, 3.8) is 0 Å². The van der Waals surface area contributed by atoms with Gasteiger partial charge in [0.25, 0.3) is 5.91 Å². The van der Waals surface area contributed by atoms with Gasteiger partial charge in [-0.3, -0.25) is 9.59 Å². The first-order valence-corrected chi connectivity index (χ1v) is 10.6. The van der Waals surface area contributed by atoms with Gasteiger partial charge in [-0.15, -0.1) is 0 Å². The maximum atomic E-state index is 13.3. The molecule has 1 saturated carbocycles. The van der Waals surface area contributed by atoms with Crippen LogP contribution in [-0.2, 0) is 4.79 Å². The van der Waals surface area contributed by atoms with E-state index in [2.05, 4.69) is 26.3 Å². The van der Waals surface area contributed by atoms with Crippen LogP contribution in [0, 0.1) is 22.7 Å². The fourth-order valence-electron chi connectivity index (χ4n) is 3.92. The molecule has 4 rings (SSSR count). The van der Waals surface area contributed by atoms with Gasteiger partial charge in [0, 0.05) is 31.1 Å². The highest BCUT2D eigenvalue weighted by Crippen LogP contribution is 2.39. The van der Waals surface area contributed by atoms with Crippen molar-refractivity contribution >= 4 is 23.0 Å². The SMILES string of the molecule is CC(C)(C)[C@@H](NC(=O)c1c[nH]c2ncc(C3CC3)nc12)C(=O)N1CCC(C#N)CC1. The number of hydrogen-bond donors (Lipinski definition) is 2. The highest BCUT2D eigenvalue weighted by molar-refractivity contribution is 6.06. The van der Waals surface area contributed by atoms with E-state index in [9.17, 15) is 9.59 Å². The number of nitrogens with zero attached hydrogens (tertiary/aromatic N) is 4. The van der Waals surface area contributed by atoms with Crippen LogP contribution in [0.1, 0.15) is 68.4 Å². The minimum atomic E-state index is -0.673. The molecule has 1 atom stereocenters. The van der Waals surface area contributed by atoms with E-state index in [1.807, 2.05) is 20.8 Å². The molecule has 2 amide bonds. The second-order valence-corrected chi connectivity index (χ2v) is 9.47. The van der Waals surface area contributed by atoms with Gasteiger partial charge in [-0.2, -0.15) is 5.26 Å². The minimum Gasteiger partial charge on any atom is -0.344 e. The Labute approximate surface area is 176 Å². The molecule has 3 heterocycles. The van der Waals surface area contributed by atoms with Crippen LogP contribution in [0.15, 0.2) is 12.4 Å². The van der Waals surface area contributed by atoms with Crippen LogP contribution < -0.4 is 5.32 Å². The lowest BCUT2D eigenvalue weighted by atomic mass is 9.85. The monoisotopic (exact) mass is 408 g/mol. The first-order chi connectivity index (χ1) is 14.3. The van der Waals surface area contributed by atoms with E-state index in [-0.39, 0.29) is 17.7 Å². The van der Waals surface area contributed by atoms with E-state index >= 15 is 0 Å². The Balaban J connectivity index is 1.54. The number of likely N-dealkylation sites (tertiary alicyclic amines) is 1. The van der Waals surface area contributed by atoms with Crippen molar-refractivity contribution in [3.05, 3.63) is 23.7 Å². The van der Waals surface area contributed by atoms with Crippen molar-refractivity contribution in [1.82, 2.24) is 25.2 Å². The highest BCUT2D eigenvalue weighted by Gasteiger charge is 2.37. The number of H-pyrrole nitrogens is 1. The van der Waals surface area contributed by atoms with Crippen LogP contribution in [0.25, 0.3) is 11.2 Å². The predicted octanol–water partition coefficient (Wildman–Crippen LogP) is 2.74. The van der Waals surface area contributed by atoms with Crippen LogP contribution in [0.4, 0.5) is 0 Å². The summed E-state index contributed by atoms with van der Waals surface area (Å²) >= 11 is 0. The molecule has 2 aromatic heterocycles. The summed E-state index contributed by atoms with van der Waals surface area (Å²) in [6, 6.07) is 1.61.